The maximum Gasteiger partial charge on any atom is 0.152 e. The molecule has 0 N–H and O–H groups in total. The van der Waals surface area contributed by atoms with Gasteiger partial charge in [0, 0.05) is 6.42 Å². The van der Waals surface area contributed by atoms with Crippen molar-refractivity contribution < 1.29 is 4.74 Å². The molecule has 70 valence electrons. The van der Waals surface area contributed by atoms with Crippen LogP contribution in [-0.2, 0) is 6.42 Å². The zero-order chi connectivity index (χ0) is 9.52. The highest BCUT2D eigenvalue weighted by atomic mass is 16.5. The Hall–Kier alpha value is -1.31. The first-order chi connectivity index (χ1) is 6.29. The number of hydroxylamine groups is 1. The molecule has 0 aliphatic carbocycles. The summed E-state index contributed by atoms with van der Waals surface area (Å²) in [5.41, 5.74) is 1.34. The van der Waals surface area contributed by atoms with Crippen molar-refractivity contribution in [3.05, 3.63) is 41.1 Å². The van der Waals surface area contributed by atoms with E-state index in [1.807, 2.05) is 18.2 Å². The predicted octanol–water partition coefficient (Wildman–Crippen LogP) is 2.22. The van der Waals surface area contributed by atoms with E-state index in [0.717, 1.165) is 24.0 Å². The summed E-state index contributed by atoms with van der Waals surface area (Å²) in [6.45, 7) is 3.80. The molecular weight excluding hydrogens is 162 g/mol. The number of rotatable bonds is 5. The zero-order valence-corrected chi connectivity index (χ0v) is 7.78. The summed E-state index contributed by atoms with van der Waals surface area (Å²) in [6, 6.07) is 10.3. The number of aryl methyl sites for hydroxylation is 1. The number of benzene rings is 1. The lowest BCUT2D eigenvalue weighted by atomic mass is 10.1. The molecule has 0 amide bonds. The van der Waals surface area contributed by atoms with Crippen LogP contribution in [0.2, 0.25) is 0 Å². The molecule has 0 spiro atoms. The van der Waals surface area contributed by atoms with Crippen molar-refractivity contribution in [2.45, 2.75) is 19.3 Å². The molecule has 1 aromatic rings. The number of nitrogens with zero attached hydrogens (tertiary/aromatic N) is 1. The zero-order valence-electron chi connectivity index (χ0n) is 7.78. The molecule has 0 radical (unpaired) electrons. The summed E-state index contributed by atoms with van der Waals surface area (Å²) in [7, 11) is 0. The van der Waals surface area contributed by atoms with Crippen LogP contribution in [0.25, 0.3) is 0 Å². The van der Waals surface area contributed by atoms with Crippen molar-refractivity contribution in [1.82, 2.24) is 0 Å². The standard InChI is InChI=1S/C11H15NO/c1-12(13)10-6-5-9-11-7-3-2-4-8-11/h2-4,7-8H,1,5-6,9-10H2. The van der Waals surface area contributed by atoms with Crippen LogP contribution in [0.4, 0.5) is 0 Å². The fourth-order valence-corrected chi connectivity index (χ4v) is 1.26. The molecule has 0 aliphatic heterocycles. The van der Waals surface area contributed by atoms with Gasteiger partial charge in [-0.25, -0.2) is 4.74 Å². The Morgan fingerprint density at radius 1 is 1.15 bits per heavy atom. The maximum atomic E-state index is 10.5. The van der Waals surface area contributed by atoms with Crippen molar-refractivity contribution in [2.24, 2.45) is 0 Å². The van der Waals surface area contributed by atoms with Crippen LogP contribution in [0.3, 0.4) is 0 Å². The van der Waals surface area contributed by atoms with Crippen LogP contribution in [0.15, 0.2) is 30.3 Å². The fourth-order valence-electron chi connectivity index (χ4n) is 1.26. The van der Waals surface area contributed by atoms with Crippen LogP contribution in [0.5, 0.6) is 0 Å². The van der Waals surface area contributed by atoms with E-state index in [4.69, 9.17) is 0 Å². The van der Waals surface area contributed by atoms with E-state index in [2.05, 4.69) is 18.9 Å². The van der Waals surface area contributed by atoms with Gasteiger partial charge >= 0.3 is 0 Å². The lowest BCUT2D eigenvalue weighted by Crippen LogP contribution is -2.02. The van der Waals surface area contributed by atoms with Crippen molar-refractivity contribution >= 4 is 6.72 Å². The summed E-state index contributed by atoms with van der Waals surface area (Å²) >= 11 is 0. The Labute approximate surface area is 79.1 Å². The minimum absolute atomic E-state index is 0.535. The first kappa shape index (κ1) is 9.78. The first-order valence-corrected chi connectivity index (χ1v) is 4.58. The molecular formula is C11H15NO. The van der Waals surface area contributed by atoms with E-state index in [0.29, 0.717) is 6.54 Å². The van der Waals surface area contributed by atoms with Crippen molar-refractivity contribution in [2.75, 3.05) is 6.54 Å². The van der Waals surface area contributed by atoms with E-state index >= 15 is 0 Å². The quantitative estimate of drug-likeness (QED) is 0.223. The molecule has 0 bridgehead atoms. The second-order valence-corrected chi connectivity index (χ2v) is 3.15. The van der Waals surface area contributed by atoms with Gasteiger partial charge in [-0.1, -0.05) is 30.3 Å². The van der Waals surface area contributed by atoms with Crippen LogP contribution >= 0.6 is 0 Å². The normalized spacial score (nSPS) is 9.85. The van der Waals surface area contributed by atoms with Crippen molar-refractivity contribution in [3.63, 3.8) is 0 Å². The van der Waals surface area contributed by atoms with Gasteiger partial charge in [-0.15, -0.1) is 0 Å². The molecule has 0 fully saturated rings. The van der Waals surface area contributed by atoms with Gasteiger partial charge in [-0.2, -0.15) is 0 Å². The Morgan fingerprint density at radius 2 is 1.85 bits per heavy atom. The minimum Gasteiger partial charge on any atom is -0.624 e. The molecule has 0 heterocycles. The average molecular weight is 177 g/mol. The summed E-state index contributed by atoms with van der Waals surface area (Å²) in [4.78, 5) is 0. The Bertz CT molecular complexity index is 256. The van der Waals surface area contributed by atoms with Crippen LogP contribution < -0.4 is 0 Å². The number of unbranched alkanes of at least 4 members (excludes halogenated alkanes) is 1. The monoisotopic (exact) mass is 177 g/mol. The summed E-state index contributed by atoms with van der Waals surface area (Å²) in [6.07, 6.45) is 3.02. The smallest absolute Gasteiger partial charge is 0.152 e. The molecule has 0 atom stereocenters. The van der Waals surface area contributed by atoms with E-state index < -0.39 is 0 Å². The molecule has 0 saturated carbocycles. The third-order valence-electron chi connectivity index (χ3n) is 1.97. The average Bonchev–Trinajstić information content (AvgIpc) is 2.14. The van der Waals surface area contributed by atoms with Gasteiger partial charge in [0.05, 0.1) is 0 Å². The fraction of sp³-hybridized carbons (Fsp3) is 0.364. The Kier molecular flexibility index (Phi) is 4.03. The van der Waals surface area contributed by atoms with Crippen molar-refractivity contribution in [1.29, 1.82) is 0 Å². The van der Waals surface area contributed by atoms with Crippen LogP contribution in [0.1, 0.15) is 18.4 Å². The second-order valence-electron chi connectivity index (χ2n) is 3.15. The Balaban J connectivity index is 2.17. The summed E-state index contributed by atoms with van der Waals surface area (Å²) in [5, 5.41) is 10.5. The molecule has 1 aromatic carbocycles. The number of hydrogen-bond donors (Lipinski definition) is 0. The van der Waals surface area contributed by atoms with Crippen LogP contribution in [0, 0.1) is 5.21 Å². The molecule has 1 rings (SSSR count). The second kappa shape index (κ2) is 5.36. The molecule has 0 aliphatic rings. The highest BCUT2D eigenvalue weighted by Gasteiger charge is 1.93. The van der Waals surface area contributed by atoms with Gasteiger partial charge in [-0.3, -0.25) is 0 Å². The van der Waals surface area contributed by atoms with Gasteiger partial charge in [0.15, 0.2) is 6.54 Å². The topological polar surface area (TPSA) is 26.1 Å². The summed E-state index contributed by atoms with van der Waals surface area (Å²) in [5.74, 6) is 0. The molecule has 0 aromatic heterocycles. The lowest BCUT2D eigenvalue weighted by Gasteiger charge is -2.01. The minimum atomic E-state index is 0.535. The lowest BCUT2D eigenvalue weighted by molar-refractivity contribution is -0.449. The highest BCUT2D eigenvalue weighted by Crippen LogP contribution is 2.03. The summed E-state index contributed by atoms with van der Waals surface area (Å²) < 4.78 is 0.741. The SMILES string of the molecule is C=[N+]([O-])CCCCc1ccccc1. The molecule has 0 unspecified atom stereocenters. The van der Waals surface area contributed by atoms with Gasteiger partial charge in [0.25, 0.3) is 0 Å². The van der Waals surface area contributed by atoms with Crippen LogP contribution in [-0.4, -0.2) is 18.0 Å². The van der Waals surface area contributed by atoms with Gasteiger partial charge < -0.3 is 5.21 Å². The third kappa shape index (κ3) is 4.31. The van der Waals surface area contributed by atoms with E-state index in [1.165, 1.54) is 5.56 Å². The van der Waals surface area contributed by atoms with E-state index in [-0.39, 0.29) is 0 Å². The highest BCUT2D eigenvalue weighted by molar-refractivity contribution is 5.15. The van der Waals surface area contributed by atoms with Gasteiger partial charge in [-0.05, 0) is 18.4 Å². The van der Waals surface area contributed by atoms with Gasteiger partial charge in [0.2, 0.25) is 0 Å². The molecule has 2 nitrogen and oxygen atoms in total. The first-order valence-electron chi connectivity index (χ1n) is 4.58. The predicted molar refractivity (Wildman–Crippen MR) is 55.0 cm³/mol. The molecule has 2 heteroatoms. The van der Waals surface area contributed by atoms with Gasteiger partial charge in [0.1, 0.15) is 6.72 Å². The largest absolute Gasteiger partial charge is 0.624 e. The van der Waals surface area contributed by atoms with E-state index in [9.17, 15) is 5.21 Å². The van der Waals surface area contributed by atoms with Crippen molar-refractivity contribution in [3.8, 4) is 0 Å². The molecule has 0 saturated heterocycles. The maximum absolute atomic E-state index is 10.5. The number of hydrogen-bond acceptors (Lipinski definition) is 1. The molecule has 13 heavy (non-hydrogen) atoms. The van der Waals surface area contributed by atoms with E-state index in [1.54, 1.807) is 0 Å². The third-order valence-corrected chi connectivity index (χ3v) is 1.97. The Morgan fingerprint density at radius 3 is 2.46 bits per heavy atom.